The molecule has 0 spiro atoms. The van der Waals surface area contributed by atoms with E-state index in [9.17, 15) is 9.59 Å². The predicted molar refractivity (Wildman–Crippen MR) is 79.3 cm³/mol. The topological polar surface area (TPSA) is 70.5 Å². The number of hydrogen-bond donors (Lipinski definition) is 1. The largest absolute Gasteiger partial charge is 0.477 e. The average Bonchev–Trinajstić information content (AvgIpc) is 2.96. The van der Waals surface area contributed by atoms with Crippen LogP contribution in [0.2, 0.25) is 0 Å². The first-order valence-corrected chi connectivity index (χ1v) is 7.55. The molecule has 1 fully saturated rings. The first-order valence-electron chi connectivity index (χ1n) is 7.55. The number of carboxylic acids is 1. The van der Waals surface area contributed by atoms with E-state index in [2.05, 4.69) is 18.8 Å². The Morgan fingerprint density at radius 3 is 2.81 bits per heavy atom. The summed E-state index contributed by atoms with van der Waals surface area (Å²) in [6.45, 7) is 5.13. The van der Waals surface area contributed by atoms with Crippen LogP contribution in [0.15, 0.2) is 18.3 Å². The van der Waals surface area contributed by atoms with Crippen molar-refractivity contribution in [3.05, 3.63) is 29.6 Å². The quantitative estimate of drug-likeness (QED) is 0.905. The van der Waals surface area contributed by atoms with E-state index in [-0.39, 0.29) is 17.6 Å². The maximum Gasteiger partial charge on any atom is 0.354 e. The van der Waals surface area contributed by atoms with Gasteiger partial charge in [-0.15, -0.1) is 0 Å². The van der Waals surface area contributed by atoms with Gasteiger partial charge >= 0.3 is 5.97 Å². The van der Waals surface area contributed by atoms with Gasteiger partial charge in [0.05, 0.1) is 5.56 Å². The summed E-state index contributed by atoms with van der Waals surface area (Å²) in [5.41, 5.74) is 0.430. The van der Waals surface area contributed by atoms with E-state index < -0.39 is 5.97 Å². The van der Waals surface area contributed by atoms with Crippen molar-refractivity contribution in [3.63, 3.8) is 0 Å². The standard InChI is InChI=1S/C16H22N2O3/c1-3-5-11(2)14-6-4-9-18(14)15(19)12-7-8-13(16(20)21)17-10-12/h7-8,10-11,14H,3-6,9H2,1-2H3,(H,20,21). The lowest BCUT2D eigenvalue weighted by Crippen LogP contribution is -2.39. The molecular formula is C16H22N2O3. The van der Waals surface area contributed by atoms with Crippen LogP contribution in [0, 0.1) is 5.92 Å². The maximum atomic E-state index is 12.6. The number of aromatic carboxylic acids is 1. The molecule has 5 nitrogen and oxygen atoms in total. The number of aromatic nitrogens is 1. The molecule has 2 heterocycles. The fourth-order valence-electron chi connectivity index (χ4n) is 3.10. The number of carbonyl (C=O) groups is 2. The number of carboxylic acid groups (broad SMARTS) is 1. The molecule has 0 aromatic carbocycles. The van der Waals surface area contributed by atoms with Gasteiger partial charge < -0.3 is 10.0 Å². The van der Waals surface area contributed by atoms with Crippen LogP contribution in [0.4, 0.5) is 0 Å². The summed E-state index contributed by atoms with van der Waals surface area (Å²) in [6.07, 6.45) is 5.68. The lowest BCUT2D eigenvalue weighted by atomic mass is 9.94. The van der Waals surface area contributed by atoms with Crippen molar-refractivity contribution in [2.75, 3.05) is 6.54 Å². The van der Waals surface area contributed by atoms with Gasteiger partial charge in [0.25, 0.3) is 5.91 Å². The monoisotopic (exact) mass is 290 g/mol. The molecule has 1 N–H and O–H groups in total. The molecule has 1 aromatic rings. The molecule has 0 aliphatic carbocycles. The number of likely N-dealkylation sites (tertiary alicyclic amines) is 1. The molecule has 0 bridgehead atoms. The van der Waals surface area contributed by atoms with Gasteiger partial charge in [-0.25, -0.2) is 9.78 Å². The fourth-order valence-corrected chi connectivity index (χ4v) is 3.10. The van der Waals surface area contributed by atoms with E-state index in [1.807, 2.05) is 4.90 Å². The minimum absolute atomic E-state index is 0.0371. The molecule has 1 aliphatic rings. The van der Waals surface area contributed by atoms with Crippen molar-refractivity contribution in [2.45, 2.75) is 45.6 Å². The molecule has 1 amide bonds. The Morgan fingerprint density at radius 2 is 2.24 bits per heavy atom. The zero-order chi connectivity index (χ0) is 15.4. The summed E-state index contributed by atoms with van der Waals surface area (Å²) in [4.78, 5) is 29.1. The molecule has 2 atom stereocenters. The van der Waals surface area contributed by atoms with Gasteiger partial charge in [-0.05, 0) is 37.3 Å². The van der Waals surface area contributed by atoms with Crippen LogP contribution in [0.25, 0.3) is 0 Å². The summed E-state index contributed by atoms with van der Waals surface area (Å²) in [7, 11) is 0. The molecule has 21 heavy (non-hydrogen) atoms. The predicted octanol–water partition coefficient (Wildman–Crippen LogP) is 2.82. The zero-order valence-electron chi connectivity index (χ0n) is 12.6. The van der Waals surface area contributed by atoms with Crippen LogP contribution in [0.3, 0.4) is 0 Å². The lowest BCUT2D eigenvalue weighted by Gasteiger charge is -2.29. The van der Waals surface area contributed by atoms with Crippen molar-refractivity contribution in [2.24, 2.45) is 5.92 Å². The Morgan fingerprint density at radius 1 is 1.48 bits per heavy atom. The van der Waals surface area contributed by atoms with E-state index in [0.717, 1.165) is 32.2 Å². The van der Waals surface area contributed by atoms with E-state index in [4.69, 9.17) is 5.11 Å². The van der Waals surface area contributed by atoms with Gasteiger partial charge in [-0.3, -0.25) is 4.79 Å². The van der Waals surface area contributed by atoms with Crippen molar-refractivity contribution in [3.8, 4) is 0 Å². The summed E-state index contributed by atoms with van der Waals surface area (Å²) in [5, 5.41) is 8.84. The number of hydrogen-bond acceptors (Lipinski definition) is 3. The first kappa shape index (κ1) is 15.5. The second-order valence-corrected chi connectivity index (χ2v) is 5.71. The second-order valence-electron chi connectivity index (χ2n) is 5.71. The van der Waals surface area contributed by atoms with E-state index in [0.29, 0.717) is 11.5 Å². The van der Waals surface area contributed by atoms with Crippen molar-refractivity contribution in [1.29, 1.82) is 0 Å². The SMILES string of the molecule is CCCC(C)C1CCCN1C(=O)c1ccc(C(=O)O)nc1. The van der Waals surface area contributed by atoms with Crippen molar-refractivity contribution < 1.29 is 14.7 Å². The number of amides is 1. The highest BCUT2D eigenvalue weighted by Crippen LogP contribution is 2.28. The third-order valence-corrected chi connectivity index (χ3v) is 4.19. The Kier molecular flexibility index (Phi) is 4.94. The normalized spacial score (nSPS) is 19.5. The summed E-state index contributed by atoms with van der Waals surface area (Å²) in [6, 6.07) is 3.23. The number of nitrogens with zero attached hydrogens (tertiary/aromatic N) is 2. The van der Waals surface area contributed by atoms with Crippen LogP contribution in [0.5, 0.6) is 0 Å². The molecule has 2 rings (SSSR count). The zero-order valence-corrected chi connectivity index (χ0v) is 12.6. The maximum absolute atomic E-state index is 12.6. The van der Waals surface area contributed by atoms with Crippen molar-refractivity contribution >= 4 is 11.9 Å². The molecule has 1 aliphatic heterocycles. The van der Waals surface area contributed by atoms with Gasteiger partial charge in [0.2, 0.25) is 0 Å². The molecular weight excluding hydrogens is 268 g/mol. The van der Waals surface area contributed by atoms with Crippen LogP contribution in [0.1, 0.15) is 60.4 Å². The van der Waals surface area contributed by atoms with Crippen LogP contribution >= 0.6 is 0 Å². The Bertz CT molecular complexity index is 513. The second kappa shape index (κ2) is 6.70. The highest BCUT2D eigenvalue weighted by Gasteiger charge is 2.32. The van der Waals surface area contributed by atoms with Gasteiger partial charge in [-0.2, -0.15) is 0 Å². The molecule has 0 radical (unpaired) electrons. The molecule has 2 unspecified atom stereocenters. The van der Waals surface area contributed by atoms with E-state index in [1.165, 1.54) is 12.3 Å². The van der Waals surface area contributed by atoms with Crippen LogP contribution < -0.4 is 0 Å². The first-order chi connectivity index (χ1) is 10.0. The van der Waals surface area contributed by atoms with Gasteiger partial charge in [0.1, 0.15) is 5.69 Å². The molecule has 114 valence electrons. The summed E-state index contributed by atoms with van der Waals surface area (Å²) < 4.78 is 0. The molecule has 1 aromatic heterocycles. The number of carbonyl (C=O) groups excluding carboxylic acids is 1. The Balaban J connectivity index is 2.12. The van der Waals surface area contributed by atoms with E-state index in [1.54, 1.807) is 6.07 Å². The number of rotatable bonds is 5. The highest BCUT2D eigenvalue weighted by atomic mass is 16.4. The third-order valence-electron chi connectivity index (χ3n) is 4.19. The highest BCUT2D eigenvalue weighted by molar-refractivity contribution is 5.95. The Labute approximate surface area is 125 Å². The molecule has 5 heteroatoms. The Hall–Kier alpha value is -1.91. The third kappa shape index (κ3) is 3.40. The number of pyridine rings is 1. The minimum atomic E-state index is -1.08. The summed E-state index contributed by atoms with van der Waals surface area (Å²) >= 11 is 0. The minimum Gasteiger partial charge on any atom is -0.477 e. The fraction of sp³-hybridized carbons (Fsp3) is 0.562. The van der Waals surface area contributed by atoms with Gasteiger partial charge in [0, 0.05) is 18.8 Å². The van der Waals surface area contributed by atoms with Crippen LogP contribution in [-0.4, -0.2) is 39.5 Å². The van der Waals surface area contributed by atoms with Gasteiger partial charge in [-0.1, -0.05) is 20.3 Å². The summed E-state index contributed by atoms with van der Waals surface area (Å²) in [5.74, 6) is -0.623. The van der Waals surface area contributed by atoms with Crippen LogP contribution in [-0.2, 0) is 0 Å². The smallest absolute Gasteiger partial charge is 0.354 e. The molecule has 0 saturated carbocycles. The lowest BCUT2D eigenvalue weighted by molar-refractivity contribution is 0.0674. The van der Waals surface area contributed by atoms with Gasteiger partial charge in [0.15, 0.2) is 0 Å². The molecule has 1 saturated heterocycles. The van der Waals surface area contributed by atoms with Crippen molar-refractivity contribution in [1.82, 2.24) is 9.88 Å². The van der Waals surface area contributed by atoms with E-state index >= 15 is 0 Å². The average molecular weight is 290 g/mol.